The minimum Gasteiger partial charge on any atom is -0.469 e. The topological polar surface area (TPSA) is 46.6 Å². The number of methoxy groups -OCH3 is 1. The van der Waals surface area contributed by atoms with Crippen LogP contribution in [0.15, 0.2) is 30.3 Å². The van der Waals surface area contributed by atoms with Crippen molar-refractivity contribution in [3.05, 3.63) is 35.9 Å². The van der Waals surface area contributed by atoms with Gasteiger partial charge >= 0.3 is 5.97 Å². The second-order valence-electron chi connectivity index (χ2n) is 5.71. The Labute approximate surface area is 118 Å². The molecule has 0 radical (unpaired) electrons. The fraction of sp³-hybridized carbons (Fsp3) is 0.500. The normalized spacial score (nSPS) is 23.4. The highest BCUT2D eigenvalue weighted by Crippen LogP contribution is 2.50. The van der Waals surface area contributed by atoms with Crippen LogP contribution in [0.2, 0.25) is 0 Å². The third-order valence-corrected chi connectivity index (χ3v) is 4.50. The smallest absolute Gasteiger partial charge is 0.310 e. The highest BCUT2D eigenvalue weighted by Gasteiger charge is 2.53. The molecule has 2 aliphatic rings. The van der Waals surface area contributed by atoms with E-state index in [1.807, 2.05) is 35.2 Å². The molecule has 1 saturated carbocycles. The van der Waals surface area contributed by atoms with E-state index < -0.39 is 0 Å². The Kier molecular flexibility index (Phi) is 3.24. The zero-order valence-electron chi connectivity index (χ0n) is 11.7. The minimum absolute atomic E-state index is 0.157. The number of amides is 1. The highest BCUT2D eigenvalue weighted by atomic mass is 16.5. The summed E-state index contributed by atoms with van der Waals surface area (Å²) in [7, 11) is 1.40. The summed E-state index contributed by atoms with van der Waals surface area (Å²) < 4.78 is 4.77. The molecule has 0 N–H and O–H groups in total. The van der Waals surface area contributed by atoms with Crippen LogP contribution in [0.5, 0.6) is 0 Å². The van der Waals surface area contributed by atoms with Crippen LogP contribution >= 0.6 is 0 Å². The van der Waals surface area contributed by atoms with Crippen molar-refractivity contribution in [1.82, 2.24) is 4.90 Å². The van der Waals surface area contributed by atoms with Gasteiger partial charge in [0.2, 0.25) is 5.91 Å². The summed E-state index contributed by atoms with van der Waals surface area (Å²) in [5.74, 6) is -0.185. The van der Waals surface area contributed by atoms with Crippen LogP contribution in [-0.4, -0.2) is 37.0 Å². The molecule has 2 fully saturated rings. The van der Waals surface area contributed by atoms with Gasteiger partial charge in [0, 0.05) is 13.1 Å². The quantitative estimate of drug-likeness (QED) is 0.788. The lowest BCUT2D eigenvalue weighted by molar-refractivity contribution is -0.145. The van der Waals surface area contributed by atoms with Crippen LogP contribution in [0.3, 0.4) is 0 Å². The maximum absolute atomic E-state index is 12.8. The molecular weight excluding hydrogens is 254 g/mol. The standard InChI is InChI=1S/C16H19NO3/c1-20-14(18)12-7-10-17(11-12)15(19)16(8-9-16)13-5-3-2-4-6-13/h2-6,12H,7-11H2,1H3. The lowest BCUT2D eigenvalue weighted by atomic mass is 9.94. The number of ether oxygens (including phenoxy) is 1. The molecule has 1 aliphatic heterocycles. The second-order valence-corrected chi connectivity index (χ2v) is 5.71. The number of rotatable bonds is 3. The Morgan fingerprint density at radius 1 is 1.25 bits per heavy atom. The first-order valence-electron chi connectivity index (χ1n) is 7.10. The fourth-order valence-corrected chi connectivity index (χ4v) is 3.11. The summed E-state index contributed by atoms with van der Waals surface area (Å²) in [4.78, 5) is 26.2. The van der Waals surface area contributed by atoms with E-state index in [9.17, 15) is 9.59 Å². The largest absolute Gasteiger partial charge is 0.469 e. The van der Waals surface area contributed by atoms with Crippen LogP contribution in [0.25, 0.3) is 0 Å². The second kappa shape index (κ2) is 4.93. The lowest BCUT2D eigenvalue weighted by Gasteiger charge is -2.23. The van der Waals surface area contributed by atoms with Crippen LogP contribution in [0.4, 0.5) is 0 Å². The molecule has 106 valence electrons. The first-order chi connectivity index (χ1) is 9.67. The van der Waals surface area contributed by atoms with Crippen molar-refractivity contribution < 1.29 is 14.3 Å². The van der Waals surface area contributed by atoms with Gasteiger partial charge in [0.05, 0.1) is 18.4 Å². The van der Waals surface area contributed by atoms with Crippen molar-refractivity contribution in [1.29, 1.82) is 0 Å². The SMILES string of the molecule is COC(=O)C1CCN(C(=O)C2(c3ccccc3)CC2)C1. The summed E-state index contributed by atoms with van der Waals surface area (Å²) in [6, 6.07) is 9.97. The van der Waals surface area contributed by atoms with Gasteiger partial charge < -0.3 is 9.64 Å². The number of hydrogen-bond acceptors (Lipinski definition) is 3. The molecule has 0 spiro atoms. The third kappa shape index (κ3) is 2.09. The molecule has 4 heteroatoms. The molecule has 0 aromatic heterocycles. The van der Waals surface area contributed by atoms with Crippen LogP contribution in [0.1, 0.15) is 24.8 Å². The van der Waals surface area contributed by atoms with E-state index in [4.69, 9.17) is 4.74 Å². The average Bonchev–Trinajstić information content (AvgIpc) is 3.17. The molecule has 1 atom stereocenters. The van der Waals surface area contributed by atoms with Crippen molar-refractivity contribution in [2.75, 3.05) is 20.2 Å². The summed E-state index contributed by atoms with van der Waals surface area (Å²) in [5.41, 5.74) is 0.776. The summed E-state index contributed by atoms with van der Waals surface area (Å²) in [5, 5.41) is 0. The van der Waals surface area contributed by atoms with Gasteiger partial charge in [0.25, 0.3) is 0 Å². The number of carbonyl (C=O) groups excluding carboxylic acids is 2. The zero-order valence-corrected chi connectivity index (χ0v) is 11.7. The van der Waals surface area contributed by atoms with Gasteiger partial charge in [0.1, 0.15) is 0 Å². The van der Waals surface area contributed by atoms with Crippen molar-refractivity contribution >= 4 is 11.9 Å². The van der Waals surface area contributed by atoms with Gasteiger partial charge in [-0.05, 0) is 24.8 Å². The average molecular weight is 273 g/mol. The maximum Gasteiger partial charge on any atom is 0.310 e. The van der Waals surface area contributed by atoms with Gasteiger partial charge in [-0.3, -0.25) is 9.59 Å². The molecule has 3 rings (SSSR count). The maximum atomic E-state index is 12.8. The van der Waals surface area contributed by atoms with Gasteiger partial charge in [-0.1, -0.05) is 30.3 Å². The Morgan fingerprint density at radius 2 is 1.95 bits per heavy atom. The lowest BCUT2D eigenvalue weighted by Crippen LogP contribution is -2.38. The van der Waals surface area contributed by atoms with Crippen molar-refractivity contribution in [3.8, 4) is 0 Å². The minimum atomic E-state index is -0.327. The molecule has 1 unspecified atom stereocenters. The molecular formula is C16H19NO3. The molecule has 1 amide bonds. The molecule has 1 aromatic carbocycles. The number of esters is 1. The van der Waals surface area contributed by atoms with Gasteiger partial charge in [-0.2, -0.15) is 0 Å². The number of benzene rings is 1. The summed E-state index contributed by atoms with van der Waals surface area (Å²) in [6.07, 6.45) is 2.54. The van der Waals surface area contributed by atoms with E-state index in [0.717, 1.165) is 18.4 Å². The van der Waals surface area contributed by atoms with Crippen molar-refractivity contribution in [2.45, 2.75) is 24.7 Å². The Hall–Kier alpha value is -1.84. The van der Waals surface area contributed by atoms with E-state index >= 15 is 0 Å². The Morgan fingerprint density at radius 3 is 2.55 bits per heavy atom. The number of hydrogen-bond donors (Lipinski definition) is 0. The van der Waals surface area contributed by atoms with Gasteiger partial charge in [-0.15, -0.1) is 0 Å². The predicted octanol–water partition coefficient (Wildman–Crippen LogP) is 1.74. The first-order valence-corrected chi connectivity index (χ1v) is 7.10. The number of nitrogens with zero attached hydrogens (tertiary/aromatic N) is 1. The molecule has 1 saturated heterocycles. The summed E-state index contributed by atoms with van der Waals surface area (Å²) >= 11 is 0. The van der Waals surface area contributed by atoms with Crippen molar-refractivity contribution in [3.63, 3.8) is 0 Å². The van der Waals surface area contributed by atoms with Crippen LogP contribution < -0.4 is 0 Å². The third-order valence-electron chi connectivity index (χ3n) is 4.50. The summed E-state index contributed by atoms with van der Waals surface area (Å²) in [6.45, 7) is 1.16. The predicted molar refractivity (Wildman–Crippen MR) is 74.1 cm³/mol. The van der Waals surface area contributed by atoms with E-state index in [-0.39, 0.29) is 23.2 Å². The molecule has 1 heterocycles. The highest BCUT2D eigenvalue weighted by molar-refractivity contribution is 5.92. The van der Waals surface area contributed by atoms with E-state index in [2.05, 4.69) is 0 Å². The molecule has 1 aromatic rings. The Bertz CT molecular complexity index is 522. The zero-order chi connectivity index (χ0) is 14.2. The van der Waals surface area contributed by atoms with Crippen LogP contribution in [-0.2, 0) is 19.7 Å². The van der Waals surface area contributed by atoms with E-state index in [1.165, 1.54) is 7.11 Å². The van der Waals surface area contributed by atoms with Crippen molar-refractivity contribution in [2.24, 2.45) is 5.92 Å². The van der Waals surface area contributed by atoms with Crippen LogP contribution in [0, 0.1) is 5.92 Å². The van der Waals surface area contributed by atoms with Gasteiger partial charge in [-0.25, -0.2) is 0 Å². The monoisotopic (exact) mass is 273 g/mol. The number of carbonyl (C=O) groups is 2. The van der Waals surface area contributed by atoms with E-state index in [1.54, 1.807) is 0 Å². The molecule has 4 nitrogen and oxygen atoms in total. The first kappa shape index (κ1) is 13.2. The van der Waals surface area contributed by atoms with Gasteiger partial charge in [0.15, 0.2) is 0 Å². The molecule has 20 heavy (non-hydrogen) atoms. The fourth-order valence-electron chi connectivity index (χ4n) is 3.11. The Balaban J connectivity index is 1.73. The molecule has 1 aliphatic carbocycles. The molecule has 0 bridgehead atoms. The van der Waals surface area contributed by atoms with E-state index in [0.29, 0.717) is 19.5 Å². The number of likely N-dealkylation sites (tertiary alicyclic amines) is 1.